The van der Waals surface area contributed by atoms with Gasteiger partial charge in [-0.15, -0.1) is 0 Å². The molecule has 0 saturated heterocycles. The summed E-state index contributed by atoms with van der Waals surface area (Å²) < 4.78 is 0. The molecule has 1 aromatic rings. The number of nitrogens with two attached hydrogens (primary N) is 1. The van der Waals surface area contributed by atoms with E-state index in [0.29, 0.717) is 11.6 Å². The van der Waals surface area contributed by atoms with Gasteiger partial charge in [0.25, 0.3) is 0 Å². The largest absolute Gasteiger partial charge is 0.376 e. The van der Waals surface area contributed by atoms with E-state index in [2.05, 4.69) is 10.3 Å². The molecule has 0 aliphatic carbocycles. The maximum Gasteiger partial charge on any atom is 0.0885 e. The summed E-state index contributed by atoms with van der Waals surface area (Å²) in [6.07, 6.45) is 0. The van der Waals surface area contributed by atoms with E-state index in [1.165, 1.54) is 0 Å². The molecule has 0 saturated carbocycles. The van der Waals surface area contributed by atoms with Gasteiger partial charge < -0.3 is 10.7 Å². The highest BCUT2D eigenvalue weighted by molar-refractivity contribution is 6.34. The van der Waals surface area contributed by atoms with Crippen LogP contribution in [0.2, 0.25) is 5.02 Å². The van der Waals surface area contributed by atoms with Crippen molar-refractivity contribution in [3.05, 3.63) is 28.8 Å². The highest BCUT2D eigenvalue weighted by Crippen LogP contribution is 2.28. The molecule has 76 valence electrons. The first kappa shape index (κ1) is 10.8. The number of anilines is 1. The van der Waals surface area contributed by atoms with Crippen LogP contribution < -0.4 is 10.7 Å². The molecule has 5 heteroatoms. The van der Waals surface area contributed by atoms with Gasteiger partial charge in [0.15, 0.2) is 0 Å². The van der Waals surface area contributed by atoms with E-state index in [1.54, 1.807) is 0 Å². The Hall–Kier alpha value is -1.29. The monoisotopic (exact) mass is 212 g/mol. The van der Waals surface area contributed by atoms with Crippen LogP contribution in [0.5, 0.6) is 0 Å². The predicted octanol–water partition coefficient (Wildman–Crippen LogP) is 2.23. The third-order valence-electron chi connectivity index (χ3n) is 1.86. The van der Waals surface area contributed by atoms with Crippen molar-refractivity contribution in [3.8, 4) is 0 Å². The Kier molecular flexibility index (Phi) is 3.71. The van der Waals surface area contributed by atoms with Gasteiger partial charge in [0.05, 0.1) is 17.3 Å². The van der Waals surface area contributed by atoms with Gasteiger partial charge in [-0.1, -0.05) is 29.0 Å². The van der Waals surface area contributed by atoms with Crippen molar-refractivity contribution >= 4 is 17.3 Å². The average Bonchev–Trinajstić information content (AvgIpc) is 2.16. The van der Waals surface area contributed by atoms with E-state index in [4.69, 9.17) is 17.4 Å². The van der Waals surface area contributed by atoms with Crippen LogP contribution in [0.25, 0.3) is 0 Å². The van der Waals surface area contributed by atoms with Gasteiger partial charge in [0, 0.05) is 14.1 Å². The van der Waals surface area contributed by atoms with Crippen molar-refractivity contribution in [1.82, 2.24) is 0 Å². The van der Waals surface area contributed by atoms with E-state index in [-0.39, 0.29) is 0 Å². The lowest BCUT2D eigenvalue weighted by molar-refractivity contribution is 0.892. The fraction of sp³-hybridized carbons (Fsp3) is 0.333. The maximum atomic E-state index is 6.16. The van der Waals surface area contributed by atoms with Gasteiger partial charge in [0.1, 0.15) is 0 Å². The van der Waals surface area contributed by atoms with Gasteiger partial charge in [-0.25, -0.2) is 0 Å². The lowest BCUT2D eigenvalue weighted by Crippen LogP contribution is -2.09. The summed E-state index contributed by atoms with van der Waals surface area (Å²) in [6.45, 7) is 0.414. The molecular weight excluding hydrogens is 200 g/mol. The molecule has 0 aromatic heterocycles. The molecule has 0 aliphatic rings. The molecule has 0 atom stereocenters. The van der Waals surface area contributed by atoms with Crippen LogP contribution in [-0.4, -0.2) is 14.1 Å². The SMILES string of the molecule is CN(C)c1cccc(CN=NN)c1Cl. The molecule has 0 aliphatic heterocycles. The molecule has 0 amide bonds. The molecule has 0 heterocycles. The summed E-state index contributed by atoms with van der Waals surface area (Å²) in [5.41, 5.74) is 1.89. The van der Waals surface area contributed by atoms with Crippen LogP contribution in [0.1, 0.15) is 5.56 Å². The highest BCUT2D eigenvalue weighted by atomic mass is 35.5. The van der Waals surface area contributed by atoms with E-state index < -0.39 is 0 Å². The average molecular weight is 213 g/mol. The molecule has 1 rings (SSSR count). The number of rotatable bonds is 3. The minimum absolute atomic E-state index is 0.414. The van der Waals surface area contributed by atoms with Crippen LogP contribution in [0, 0.1) is 0 Å². The lowest BCUT2D eigenvalue weighted by atomic mass is 10.2. The summed E-state index contributed by atoms with van der Waals surface area (Å²) in [5, 5.41) is 7.60. The second-order valence-electron chi connectivity index (χ2n) is 3.06. The standard InChI is InChI=1S/C9H13ClN4/c1-14(2)8-5-3-4-7(9(8)10)6-12-13-11/h3-5H,6H2,1-2H3,(H2,11,12). The summed E-state index contributed by atoms with van der Waals surface area (Å²) >= 11 is 6.16. The lowest BCUT2D eigenvalue weighted by Gasteiger charge is -2.15. The molecule has 4 nitrogen and oxygen atoms in total. The van der Waals surface area contributed by atoms with Gasteiger partial charge in [0.2, 0.25) is 0 Å². The number of hydrogen-bond donors (Lipinski definition) is 1. The molecule has 0 radical (unpaired) electrons. The third-order valence-corrected chi connectivity index (χ3v) is 2.30. The fourth-order valence-corrected chi connectivity index (χ4v) is 1.51. The Labute approximate surface area is 88.3 Å². The summed E-state index contributed by atoms with van der Waals surface area (Å²) in [6, 6.07) is 5.79. The second-order valence-corrected chi connectivity index (χ2v) is 3.44. The second kappa shape index (κ2) is 4.81. The van der Waals surface area contributed by atoms with Gasteiger partial charge >= 0.3 is 0 Å². The zero-order chi connectivity index (χ0) is 10.6. The molecule has 0 bridgehead atoms. The molecule has 14 heavy (non-hydrogen) atoms. The number of benzene rings is 1. The first-order valence-corrected chi connectivity index (χ1v) is 4.56. The van der Waals surface area contributed by atoms with Crippen LogP contribution in [-0.2, 0) is 6.54 Å². The van der Waals surface area contributed by atoms with Crippen molar-refractivity contribution in [1.29, 1.82) is 0 Å². The Morgan fingerprint density at radius 1 is 1.43 bits per heavy atom. The third kappa shape index (κ3) is 2.35. The Morgan fingerprint density at radius 3 is 2.71 bits per heavy atom. The van der Waals surface area contributed by atoms with Gasteiger partial charge in [-0.2, -0.15) is 5.11 Å². The Morgan fingerprint density at radius 2 is 2.14 bits per heavy atom. The van der Waals surface area contributed by atoms with Crippen LogP contribution in [0.4, 0.5) is 5.69 Å². The molecule has 0 unspecified atom stereocenters. The van der Waals surface area contributed by atoms with E-state index in [9.17, 15) is 0 Å². The van der Waals surface area contributed by atoms with E-state index >= 15 is 0 Å². The molecule has 1 aromatic carbocycles. The minimum Gasteiger partial charge on any atom is -0.376 e. The maximum absolute atomic E-state index is 6.16. The summed E-state index contributed by atoms with van der Waals surface area (Å²) in [5.74, 6) is 4.93. The minimum atomic E-state index is 0.414. The number of hydrogen-bond acceptors (Lipinski definition) is 3. The van der Waals surface area contributed by atoms with Crippen molar-refractivity contribution in [2.24, 2.45) is 16.2 Å². The highest BCUT2D eigenvalue weighted by Gasteiger charge is 2.06. The number of nitrogens with zero attached hydrogens (tertiary/aromatic N) is 3. The van der Waals surface area contributed by atoms with Crippen LogP contribution >= 0.6 is 11.6 Å². The van der Waals surface area contributed by atoms with Crippen molar-refractivity contribution in [3.63, 3.8) is 0 Å². The molecule has 2 N–H and O–H groups in total. The van der Waals surface area contributed by atoms with Crippen molar-refractivity contribution < 1.29 is 0 Å². The zero-order valence-electron chi connectivity index (χ0n) is 8.24. The summed E-state index contributed by atoms with van der Waals surface area (Å²) in [7, 11) is 3.88. The van der Waals surface area contributed by atoms with E-state index in [1.807, 2.05) is 37.2 Å². The molecular formula is C9H13ClN4. The van der Waals surface area contributed by atoms with Crippen molar-refractivity contribution in [2.45, 2.75) is 6.54 Å². The first-order valence-electron chi connectivity index (χ1n) is 4.18. The molecule has 0 fully saturated rings. The zero-order valence-corrected chi connectivity index (χ0v) is 8.99. The van der Waals surface area contributed by atoms with Crippen molar-refractivity contribution in [2.75, 3.05) is 19.0 Å². The van der Waals surface area contributed by atoms with Crippen LogP contribution in [0.3, 0.4) is 0 Å². The quantitative estimate of drug-likeness (QED) is 0.475. The van der Waals surface area contributed by atoms with Gasteiger partial charge in [-0.3, -0.25) is 0 Å². The topological polar surface area (TPSA) is 54.0 Å². The fourth-order valence-electron chi connectivity index (χ4n) is 1.15. The smallest absolute Gasteiger partial charge is 0.0885 e. The van der Waals surface area contributed by atoms with E-state index in [0.717, 1.165) is 11.3 Å². The predicted molar refractivity (Wildman–Crippen MR) is 58.5 cm³/mol. The van der Waals surface area contributed by atoms with Gasteiger partial charge in [-0.05, 0) is 11.6 Å². The normalized spacial score (nSPS) is 10.8. The van der Waals surface area contributed by atoms with Crippen LogP contribution in [0.15, 0.2) is 28.5 Å². The molecule has 0 spiro atoms. The Bertz CT molecular complexity index is 336. The summed E-state index contributed by atoms with van der Waals surface area (Å²) in [4.78, 5) is 1.95. The Balaban J connectivity index is 3.01. The first-order chi connectivity index (χ1) is 6.66. The number of halogens is 1.